The maximum absolute atomic E-state index is 13.3. The first-order chi connectivity index (χ1) is 9.06. The van der Waals surface area contributed by atoms with Crippen LogP contribution in [0.5, 0.6) is 5.75 Å². The van der Waals surface area contributed by atoms with Crippen molar-refractivity contribution in [3.63, 3.8) is 0 Å². The van der Waals surface area contributed by atoms with Crippen molar-refractivity contribution < 1.29 is 13.9 Å². The first kappa shape index (κ1) is 11.7. The van der Waals surface area contributed by atoms with E-state index in [1.54, 1.807) is 18.2 Å². The lowest BCUT2D eigenvalue weighted by Crippen LogP contribution is -2.01. The van der Waals surface area contributed by atoms with Crippen LogP contribution < -0.4 is 5.63 Å². The van der Waals surface area contributed by atoms with Gasteiger partial charge in [0.15, 0.2) is 0 Å². The minimum absolute atomic E-state index is 0.0315. The van der Waals surface area contributed by atoms with Crippen LogP contribution in [-0.4, -0.2) is 5.11 Å². The molecule has 1 unspecified atom stereocenters. The molecule has 0 bridgehead atoms. The molecule has 1 heterocycles. The molecule has 19 heavy (non-hydrogen) atoms. The van der Waals surface area contributed by atoms with Gasteiger partial charge in [-0.25, -0.2) is 9.18 Å². The summed E-state index contributed by atoms with van der Waals surface area (Å²) in [6.07, 6.45) is -1.14. The molecular weight excluding hydrogens is 247 g/mol. The molecule has 0 amide bonds. The summed E-state index contributed by atoms with van der Waals surface area (Å²) in [5.41, 5.74) is 0.229. The van der Waals surface area contributed by atoms with Crippen LogP contribution in [-0.2, 0) is 0 Å². The van der Waals surface area contributed by atoms with Crippen LogP contribution in [0.4, 0.5) is 4.39 Å². The minimum atomic E-state index is -1.14. The second-order valence-corrected chi connectivity index (χ2v) is 4.49. The van der Waals surface area contributed by atoms with E-state index in [1.807, 2.05) is 0 Å². The summed E-state index contributed by atoms with van der Waals surface area (Å²) in [5, 5.41) is 11.1. The zero-order chi connectivity index (χ0) is 13.6. The van der Waals surface area contributed by atoms with Gasteiger partial charge < -0.3 is 9.52 Å². The van der Waals surface area contributed by atoms with Crippen molar-refractivity contribution in [3.8, 4) is 5.75 Å². The Hall–Kier alpha value is -2.36. The number of aromatic hydroxyl groups is 1. The minimum Gasteiger partial charge on any atom is -0.508 e. The van der Waals surface area contributed by atoms with Crippen LogP contribution in [0.2, 0.25) is 0 Å². The van der Waals surface area contributed by atoms with Gasteiger partial charge in [-0.2, -0.15) is 0 Å². The van der Waals surface area contributed by atoms with Gasteiger partial charge in [-0.15, -0.1) is 0 Å². The van der Waals surface area contributed by atoms with Crippen LogP contribution in [0, 0.1) is 0 Å². The molecular formula is C15H11FO3. The number of hydrogen-bond donors (Lipinski definition) is 1. The maximum atomic E-state index is 13.3. The number of alkyl halides is 1. The van der Waals surface area contributed by atoms with E-state index in [9.17, 15) is 14.3 Å². The van der Waals surface area contributed by atoms with Gasteiger partial charge in [0.25, 0.3) is 0 Å². The quantitative estimate of drug-likeness (QED) is 0.535. The summed E-state index contributed by atoms with van der Waals surface area (Å²) in [7, 11) is 0. The molecule has 1 atom stereocenters. The fourth-order valence-corrected chi connectivity index (χ4v) is 2.19. The number of benzene rings is 2. The Kier molecular flexibility index (Phi) is 2.52. The standard InChI is InChI=1S/C15H11FO3/c1-8(16)9-2-4-11-12-5-3-10(17)7-14(12)19-15(18)13(11)6-9/h2-8,17H,1H3. The van der Waals surface area contributed by atoms with Crippen molar-refractivity contribution >= 4 is 21.7 Å². The van der Waals surface area contributed by atoms with Crippen molar-refractivity contribution in [3.05, 3.63) is 52.4 Å². The summed E-state index contributed by atoms with van der Waals surface area (Å²) in [6, 6.07) is 9.46. The molecule has 2 aromatic carbocycles. The lowest BCUT2D eigenvalue weighted by atomic mass is 10.0. The Morgan fingerprint density at radius 1 is 1.11 bits per heavy atom. The summed E-state index contributed by atoms with van der Waals surface area (Å²) in [4.78, 5) is 11.9. The molecule has 0 saturated heterocycles. The van der Waals surface area contributed by atoms with Gasteiger partial charge in [0.1, 0.15) is 17.5 Å². The molecule has 0 aliphatic heterocycles. The van der Waals surface area contributed by atoms with E-state index in [2.05, 4.69) is 0 Å². The number of phenolic OH excluding ortho intramolecular Hbond substituents is 1. The second-order valence-electron chi connectivity index (χ2n) is 4.49. The maximum Gasteiger partial charge on any atom is 0.344 e. The predicted molar refractivity (Wildman–Crippen MR) is 71.2 cm³/mol. The molecule has 3 nitrogen and oxygen atoms in total. The highest BCUT2D eigenvalue weighted by molar-refractivity contribution is 6.04. The first-order valence-corrected chi connectivity index (χ1v) is 5.90. The SMILES string of the molecule is CC(F)c1ccc2c(c1)c(=O)oc1cc(O)ccc12. The van der Waals surface area contributed by atoms with E-state index in [0.717, 1.165) is 0 Å². The summed E-state index contributed by atoms with van der Waals surface area (Å²) < 4.78 is 18.4. The molecule has 4 heteroatoms. The number of fused-ring (bicyclic) bond motifs is 3. The van der Waals surface area contributed by atoms with Crippen molar-refractivity contribution in [1.82, 2.24) is 0 Å². The third-order valence-corrected chi connectivity index (χ3v) is 3.18. The van der Waals surface area contributed by atoms with Crippen molar-refractivity contribution in [2.24, 2.45) is 0 Å². The lowest BCUT2D eigenvalue weighted by molar-refractivity contribution is 0.374. The van der Waals surface area contributed by atoms with Crippen LogP contribution in [0.1, 0.15) is 18.7 Å². The molecule has 1 aromatic heterocycles. The average molecular weight is 258 g/mol. The Balaban J connectivity index is 2.46. The summed E-state index contributed by atoms with van der Waals surface area (Å²) in [6.45, 7) is 1.42. The number of rotatable bonds is 1. The van der Waals surface area contributed by atoms with Crippen LogP contribution >= 0.6 is 0 Å². The van der Waals surface area contributed by atoms with E-state index in [0.29, 0.717) is 27.3 Å². The zero-order valence-electron chi connectivity index (χ0n) is 10.2. The van der Waals surface area contributed by atoms with Crippen LogP contribution in [0.25, 0.3) is 21.7 Å². The van der Waals surface area contributed by atoms with E-state index < -0.39 is 11.8 Å². The molecule has 0 saturated carbocycles. The molecule has 3 aromatic rings. The van der Waals surface area contributed by atoms with Crippen molar-refractivity contribution in [2.75, 3.05) is 0 Å². The zero-order valence-corrected chi connectivity index (χ0v) is 10.2. The third kappa shape index (κ3) is 1.85. The van der Waals surface area contributed by atoms with E-state index in [-0.39, 0.29) is 5.75 Å². The monoisotopic (exact) mass is 258 g/mol. The Bertz CT molecular complexity index is 834. The van der Waals surface area contributed by atoms with Gasteiger partial charge in [0.2, 0.25) is 0 Å². The molecule has 0 fully saturated rings. The van der Waals surface area contributed by atoms with Crippen LogP contribution in [0.15, 0.2) is 45.6 Å². The molecule has 0 aliphatic rings. The van der Waals surface area contributed by atoms with E-state index in [4.69, 9.17) is 4.42 Å². The van der Waals surface area contributed by atoms with Crippen molar-refractivity contribution in [2.45, 2.75) is 13.1 Å². The molecule has 0 spiro atoms. The summed E-state index contributed by atoms with van der Waals surface area (Å²) >= 11 is 0. The van der Waals surface area contributed by atoms with Gasteiger partial charge in [0.05, 0.1) is 5.39 Å². The lowest BCUT2D eigenvalue weighted by Gasteiger charge is -2.06. The Morgan fingerprint density at radius 2 is 1.84 bits per heavy atom. The molecule has 0 radical (unpaired) electrons. The van der Waals surface area contributed by atoms with Gasteiger partial charge >= 0.3 is 5.63 Å². The Morgan fingerprint density at radius 3 is 2.58 bits per heavy atom. The van der Waals surface area contributed by atoms with E-state index >= 15 is 0 Å². The largest absolute Gasteiger partial charge is 0.508 e. The number of hydrogen-bond acceptors (Lipinski definition) is 3. The van der Waals surface area contributed by atoms with Gasteiger partial charge in [0, 0.05) is 11.5 Å². The highest BCUT2D eigenvalue weighted by Gasteiger charge is 2.10. The topological polar surface area (TPSA) is 50.4 Å². The number of phenols is 1. The molecule has 1 N–H and O–H groups in total. The molecule has 96 valence electrons. The highest BCUT2D eigenvalue weighted by atomic mass is 19.1. The van der Waals surface area contributed by atoms with Gasteiger partial charge in [-0.3, -0.25) is 0 Å². The van der Waals surface area contributed by atoms with Gasteiger partial charge in [-0.1, -0.05) is 12.1 Å². The molecule has 0 aliphatic carbocycles. The van der Waals surface area contributed by atoms with Gasteiger partial charge in [-0.05, 0) is 36.1 Å². The first-order valence-electron chi connectivity index (χ1n) is 5.90. The fraction of sp³-hybridized carbons (Fsp3) is 0.133. The predicted octanol–water partition coefficient (Wildman–Crippen LogP) is 3.68. The normalized spacial score (nSPS) is 12.9. The fourth-order valence-electron chi connectivity index (χ4n) is 2.19. The van der Waals surface area contributed by atoms with Crippen LogP contribution in [0.3, 0.4) is 0 Å². The number of halogens is 1. The Labute approximate surface area is 107 Å². The molecule has 3 rings (SSSR count). The third-order valence-electron chi connectivity index (χ3n) is 3.18. The average Bonchev–Trinajstić information content (AvgIpc) is 2.38. The summed E-state index contributed by atoms with van der Waals surface area (Å²) in [5.74, 6) is 0.0315. The van der Waals surface area contributed by atoms with E-state index in [1.165, 1.54) is 25.1 Å². The van der Waals surface area contributed by atoms with Crippen molar-refractivity contribution in [1.29, 1.82) is 0 Å². The second kappa shape index (κ2) is 4.09. The highest BCUT2D eigenvalue weighted by Crippen LogP contribution is 2.28. The smallest absolute Gasteiger partial charge is 0.344 e.